The van der Waals surface area contributed by atoms with Gasteiger partial charge in [0.05, 0.1) is 0 Å². The Balaban J connectivity index is 0.000000275. The Hall–Kier alpha value is -3.32. The summed E-state index contributed by atoms with van der Waals surface area (Å²) < 4.78 is 0. The second-order valence-electron chi connectivity index (χ2n) is 7.60. The van der Waals surface area contributed by atoms with E-state index in [9.17, 15) is 9.59 Å². The Labute approximate surface area is 175 Å². The molecule has 158 valence electrons. The van der Waals surface area contributed by atoms with Crippen molar-refractivity contribution >= 4 is 23.3 Å². The fourth-order valence-corrected chi connectivity index (χ4v) is 3.92. The summed E-state index contributed by atoms with van der Waals surface area (Å²) in [4.78, 5) is 21.7. The third-order valence-electron chi connectivity index (χ3n) is 5.51. The topological polar surface area (TPSA) is 116 Å². The molecule has 3 aliphatic heterocycles. The smallest absolute Gasteiger partial charge is 0.328 e. The second kappa shape index (κ2) is 9.93. The van der Waals surface area contributed by atoms with Crippen molar-refractivity contribution in [1.29, 1.82) is 0 Å². The number of carbonyl (C=O) groups is 2. The van der Waals surface area contributed by atoms with Crippen molar-refractivity contribution < 1.29 is 19.8 Å². The van der Waals surface area contributed by atoms with Gasteiger partial charge in [0.15, 0.2) is 0 Å². The number of piperidine rings is 3. The van der Waals surface area contributed by atoms with E-state index in [4.69, 9.17) is 15.9 Å². The molecule has 2 aromatic rings. The van der Waals surface area contributed by atoms with Crippen LogP contribution in [0.15, 0.2) is 60.7 Å². The van der Waals surface area contributed by atoms with Crippen molar-refractivity contribution in [3.05, 3.63) is 60.7 Å². The first-order chi connectivity index (χ1) is 14.4. The third-order valence-corrected chi connectivity index (χ3v) is 5.51. The van der Waals surface area contributed by atoms with Crippen molar-refractivity contribution in [2.75, 3.05) is 30.7 Å². The average molecular weight is 409 g/mol. The van der Waals surface area contributed by atoms with E-state index >= 15 is 0 Å². The predicted octanol–water partition coefficient (Wildman–Crippen LogP) is 3.15. The number of nitrogen functional groups attached to an aromatic ring is 1. The van der Waals surface area contributed by atoms with Crippen LogP contribution in [-0.4, -0.2) is 52.7 Å². The first-order valence-corrected chi connectivity index (χ1v) is 9.99. The predicted molar refractivity (Wildman–Crippen MR) is 117 cm³/mol. The Morgan fingerprint density at radius 3 is 1.83 bits per heavy atom. The molecule has 0 saturated carbocycles. The number of nitrogens with two attached hydrogens (primary N) is 1. The molecule has 30 heavy (non-hydrogen) atoms. The monoisotopic (exact) mass is 409 g/mol. The fourth-order valence-electron chi connectivity index (χ4n) is 3.92. The van der Waals surface area contributed by atoms with E-state index in [1.165, 1.54) is 49.3 Å². The Kier molecular flexibility index (Phi) is 7.08. The van der Waals surface area contributed by atoms with Gasteiger partial charge in [0.2, 0.25) is 0 Å². The molecule has 3 aliphatic rings. The number of carboxylic acid groups (broad SMARTS) is 2. The van der Waals surface area contributed by atoms with E-state index in [1.54, 1.807) is 0 Å². The van der Waals surface area contributed by atoms with Gasteiger partial charge in [0, 0.05) is 36.1 Å². The van der Waals surface area contributed by atoms with Crippen molar-refractivity contribution in [1.82, 2.24) is 4.90 Å². The summed E-state index contributed by atoms with van der Waals surface area (Å²) in [7, 11) is 0. The summed E-state index contributed by atoms with van der Waals surface area (Å²) in [5, 5.41) is 19.4. The van der Waals surface area contributed by atoms with Gasteiger partial charge >= 0.3 is 11.9 Å². The molecule has 5 N–H and O–H groups in total. The number of aliphatic carboxylic acids is 2. The summed E-state index contributed by atoms with van der Waals surface area (Å²) in [5.41, 5.74) is 10.2. The number of nitrogens with zero attached hydrogens (tertiary/aromatic N) is 1. The minimum absolute atomic E-state index is 0.558. The highest BCUT2D eigenvalue weighted by molar-refractivity contribution is 5.89. The van der Waals surface area contributed by atoms with Crippen molar-refractivity contribution in [2.24, 2.45) is 5.92 Å². The lowest BCUT2D eigenvalue weighted by Gasteiger charge is -2.45. The Morgan fingerprint density at radius 2 is 1.40 bits per heavy atom. The van der Waals surface area contributed by atoms with Crippen LogP contribution in [0.5, 0.6) is 0 Å². The number of anilines is 2. The minimum Gasteiger partial charge on any atom is -0.478 e. The lowest BCUT2D eigenvalue weighted by molar-refractivity contribution is -0.134. The number of nitrogens with one attached hydrogen (secondary N) is 1. The molecule has 3 fully saturated rings. The Morgan fingerprint density at radius 1 is 0.900 bits per heavy atom. The third kappa shape index (κ3) is 6.09. The highest BCUT2D eigenvalue weighted by Crippen LogP contribution is 2.30. The first-order valence-electron chi connectivity index (χ1n) is 9.99. The molecule has 2 bridgehead atoms. The van der Waals surface area contributed by atoms with E-state index in [0.29, 0.717) is 18.2 Å². The molecule has 1 unspecified atom stereocenters. The normalized spacial score (nSPS) is 22.2. The first kappa shape index (κ1) is 21.4. The molecule has 7 nitrogen and oxygen atoms in total. The van der Waals surface area contributed by atoms with Crippen molar-refractivity contribution in [3.8, 4) is 11.1 Å². The van der Waals surface area contributed by atoms with E-state index in [2.05, 4.69) is 46.6 Å². The van der Waals surface area contributed by atoms with Crippen LogP contribution in [0.25, 0.3) is 11.1 Å². The lowest BCUT2D eigenvalue weighted by Crippen LogP contribution is -2.53. The lowest BCUT2D eigenvalue weighted by atomic mass is 9.84. The number of hydrogen-bond acceptors (Lipinski definition) is 5. The summed E-state index contributed by atoms with van der Waals surface area (Å²) in [6.07, 6.45) is 3.81. The van der Waals surface area contributed by atoms with Crippen molar-refractivity contribution in [3.63, 3.8) is 0 Å². The number of hydrogen-bond donors (Lipinski definition) is 4. The van der Waals surface area contributed by atoms with Crippen LogP contribution < -0.4 is 11.1 Å². The van der Waals surface area contributed by atoms with E-state index in [1.807, 2.05) is 12.1 Å². The number of fused-ring (bicyclic) bond motifs is 3. The zero-order valence-corrected chi connectivity index (χ0v) is 16.7. The van der Waals surface area contributed by atoms with Gasteiger partial charge in [-0.2, -0.15) is 0 Å². The van der Waals surface area contributed by atoms with Gasteiger partial charge in [-0.1, -0.05) is 24.3 Å². The maximum absolute atomic E-state index is 9.55. The highest BCUT2D eigenvalue weighted by Gasteiger charge is 2.33. The van der Waals surface area contributed by atoms with Crippen LogP contribution in [0.4, 0.5) is 11.4 Å². The standard InChI is InChI=1S/C19H23N3.C4H4O4/c20-17-5-1-14(2-6-17)15-3-7-18(8-4-15)21-19-13-22-11-9-16(19)10-12-22;5-3(6)1-2-4(7)8/h1-8,16,19,21H,9-13,20H2;1-2H,(H,5,6)(H,7,8)/b;2-1+. The van der Waals surface area contributed by atoms with Crippen LogP contribution in [0.1, 0.15) is 12.8 Å². The molecule has 0 spiro atoms. The van der Waals surface area contributed by atoms with Gasteiger partial charge in [-0.3, -0.25) is 0 Å². The van der Waals surface area contributed by atoms with Crippen LogP contribution >= 0.6 is 0 Å². The number of benzene rings is 2. The fraction of sp³-hybridized carbons (Fsp3) is 0.304. The molecule has 0 aliphatic carbocycles. The summed E-state index contributed by atoms with van der Waals surface area (Å²) >= 11 is 0. The summed E-state index contributed by atoms with van der Waals surface area (Å²) in [6.45, 7) is 3.78. The van der Waals surface area contributed by atoms with E-state index < -0.39 is 11.9 Å². The molecule has 2 aromatic carbocycles. The number of rotatable bonds is 5. The van der Waals surface area contributed by atoms with Crippen LogP contribution in [0.2, 0.25) is 0 Å². The zero-order valence-electron chi connectivity index (χ0n) is 16.7. The van der Waals surface area contributed by atoms with Gasteiger partial charge in [-0.05, 0) is 67.2 Å². The zero-order chi connectivity index (χ0) is 21.5. The molecule has 0 aromatic heterocycles. The molecule has 0 amide bonds. The largest absolute Gasteiger partial charge is 0.478 e. The van der Waals surface area contributed by atoms with Gasteiger partial charge in [0.1, 0.15) is 0 Å². The molecule has 0 radical (unpaired) electrons. The minimum atomic E-state index is -1.26. The molecule has 3 heterocycles. The van der Waals surface area contributed by atoms with Crippen molar-refractivity contribution in [2.45, 2.75) is 18.9 Å². The van der Waals surface area contributed by atoms with Crippen LogP contribution in [0.3, 0.4) is 0 Å². The quantitative estimate of drug-likeness (QED) is 0.443. The second-order valence-corrected chi connectivity index (χ2v) is 7.60. The van der Waals surface area contributed by atoms with Gasteiger partial charge in [-0.25, -0.2) is 9.59 Å². The van der Waals surface area contributed by atoms with Gasteiger partial charge < -0.3 is 26.2 Å². The summed E-state index contributed by atoms with van der Waals surface area (Å²) in [5.74, 6) is -1.67. The molecule has 7 heteroatoms. The van der Waals surface area contributed by atoms with Crippen LogP contribution in [0, 0.1) is 5.92 Å². The molecule has 3 saturated heterocycles. The molecular weight excluding hydrogens is 382 g/mol. The molecular formula is C23H27N3O4. The number of carboxylic acids is 2. The maximum atomic E-state index is 9.55. The van der Waals surface area contributed by atoms with Gasteiger partial charge in [0.25, 0.3) is 0 Å². The Bertz CT molecular complexity index is 870. The van der Waals surface area contributed by atoms with E-state index in [0.717, 1.165) is 11.6 Å². The van der Waals surface area contributed by atoms with Crippen LogP contribution in [-0.2, 0) is 9.59 Å². The van der Waals surface area contributed by atoms with E-state index in [-0.39, 0.29) is 0 Å². The molecule has 1 atom stereocenters. The average Bonchev–Trinajstić information content (AvgIpc) is 2.75. The maximum Gasteiger partial charge on any atom is 0.328 e. The van der Waals surface area contributed by atoms with Gasteiger partial charge in [-0.15, -0.1) is 0 Å². The molecule has 5 rings (SSSR count). The summed E-state index contributed by atoms with van der Waals surface area (Å²) in [6, 6.07) is 17.4. The highest BCUT2D eigenvalue weighted by atomic mass is 16.4. The SMILES string of the molecule is Nc1ccc(-c2ccc(NC3CN4CCC3CC4)cc2)cc1.O=C(O)/C=C/C(=O)O.